The fourth-order valence-corrected chi connectivity index (χ4v) is 3.36. The molecule has 0 atom stereocenters. The average molecular weight is 377 g/mol. The first-order valence-corrected chi connectivity index (χ1v) is 9.08. The van der Waals surface area contributed by atoms with Gasteiger partial charge in [0.25, 0.3) is 5.91 Å². The van der Waals surface area contributed by atoms with Gasteiger partial charge < -0.3 is 15.1 Å². The van der Waals surface area contributed by atoms with Crippen LogP contribution in [0.3, 0.4) is 0 Å². The molecule has 1 aliphatic rings. The van der Waals surface area contributed by atoms with Gasteiger partial charge in [0.1, 0.15) is 0 Å². The van der Waals surface area contributed by atoms with E-state index in [0.29, 0.717) is 30.8 Å². The standard InChI is InChI=1S/C22H23N3O3/c1-4-21(27)24(3)18-10-8-16(9-11-18)22(28)25-13-12-19-17(14-25)6-5-7-20(19)23-15(2)26/h4-11H,1,12-14H2,2-3H3,(H,23,26). The minimum Gasteiger partial charge on any atom is -0.334 e. The summed E-state index contributed by atoms with van der Waals surface area (Å²) in [4.78, 5) is 39.3. The molecule has 0 aromatic heterocycles. The Morgan fingerprint density at radius 1 is 1.14 bits per heavy atom. The van der Waals surface area contributed by atoms with Gasteiger partial charge in [-0.3, -0.25) is 14.4 Å². The fourth-order valence-electron chi connectivity index (χ4n) is 3.36. The molecule has 0 fully saturated rings. The number of hydrogen-bond donors (Lipinski definition) is 1. The molecule has 0 unspecified atom stereocenters. The third kappa shape index (κ3) is 3.96. The van der Waals surface area contributed by atoms with E-state index in [9.17, 15) is 14.4 Å². The van der Waals surface area contributed by atoms with Gasteiger partial charge in [0, 0.05) is 44.0 Å². The van der Waals surface area contributed by atoms with Crippen molar-refractivity contribution in [3.8, 4) is 0 Å². The molecule has 0 aliphatic carbocycles. The van der Waals surface area contributed by atoms with E-state index in [1.54, 1.807) is 36.2 Å². The van der Waals surface area contributed by atoms with E-state index in [-0.39, 0.29) is 17.7 Å². The molecule has 28 heavy (non-hydrogen) atoms. The Morgan fingerprint density at radius 3 is 2.50 bits per heavy atom. The Morgan fingerprint density at radius 2 is 1.86 bits per heavy atom. The molecule has 1 aliphatic heterocycles. The van der Waals surface area contributed by atoms with Crippen molar-refractivity contribution in [2.75, 3.05) is 23.8 Å². The Balaban J connectivity index is 1.75. The molecule has 0 saturated carbocycles. The van der Waals surface area contributed by atoms with Crippen LogP contribution in [0, 0.1) is 0 Å². The molecule has 6 nitrogen and oxygen atoms in total. The Kier molecular flexibility index (Phi) is 5.59. The molecule has 2 aromatic rings. The number of carbonyl (C=O) groups excluding carboxylic acids is 3. The molecule has 144 valence electrons. The SMILES string of the molecule is C=CC(=O)N(C)c1ccc(C(=O)N2CCc3c(cccc3NC(C)=O)C2)cc1. The lowest BCUT2D eigenvalue weighted by Gasteiger charge is -2.30. The van der Waals surface area contributed by atoms with Crippen molar-refractivity contribution >= 4 is 29.1 Å². The summed E-state index contributed by atoms with van der Waals surface area (Å²) in [7, 11) is 1.66. The molecule has 0 radical (unpaired) electrons. The maximum Gasteiger partial charge on any atom is 0.254 e. The first-order valence-electron chi connectivity index (χ1n) is 9.08. The summed E-state index contributed by atoms with van der Waals surface area (Å²) < 4.78 is 0. The lowest BCUT2D eigenvalue weighted by Crippen LogP contribution is -2.36. The largest absolute Gasteiger partial charge is 0.334 e. The number of nitrogens with one attached hydrogen (secondary N) is 1. The number of carbonyl (C=O) groups is 3. The van der Waals surface area contributed by atoms with Crippen LogP contribution >= 0.6 is 0 Å². The lowest BCUT2D eigenvalue weighted by molar-refractivity contribution is -0.114. The summed E-state index contributed by atoms with van der Waals surface area (Å²) in [5.74, 6) is -0.367. The van der Waals surface area contributed by atoms with E-state index in [0.717, 1.165) is 16.8 Å². The zero-order valence-corrected chi connectivity index (χ0v) is 16.1. The summed E-state index contributed by atoms with van der Waals surface area (Å²) >= 11 is 0. The molecule has 3 rings (SSSR count). The van der Waals surface area contributed by atoms with Crippen LogP contribution in [0.2, 0.25) is 0 Å². The van der Waals surface area contributed by atoms with Crippen LogP contribution in [0.15, 0.2) is 55.1 Å². The van der Waals surface area contributed by atoms with Gasteiger partial charge in [0.2, 0.25) is 11.8 Å². The summed E-state index contributed by atoms with van der Waals surface area (Å²) in [6, 6.07) is 12.7. The van der Waals surface area contributed by atoms with Gasteiger partial charge in [-0.2, -0.15) is 0 Å². The molecule has 1 N–H and O–H groups in total. The maximum atomic E-state index is 12.9. The molecule has 0 bridgehead atoms. The van der Waals surface area contributed by atoms with Crippen LogP contribution < -0.4 is 10.2 Å². The van der Waals surface area contributed by atoms with Crippen LogP contribution in [-0.2, 0) is 22.6 Å². The second kappa shape index (κ2) is 8.08. The van der Waals surface area contributed by atoms with E-state index in [2.05, 4.69) is 11.9 Å². The quantitative estimate of drug-likeness (QED) is 0.833. The van der Waals surface area contributed by atoms with Gasteiger partial charge in [-0.15, -0.1) is 0 Å². The zero-order chi connectivity index (χ0) is 20.3. The predicted octanol–water partition coefficient (Wildman–Crippen LogP) is 2.99. The normalized spacial score (nSPS) is 12.7. The zero-order valence-electron chi connectivity index (χ0n) is 16.1. The summed E-state index contributed by atoms with van der Waals surface area (Å²) in [5, 5.41) is 2.86. The van der Waals surface area contributed by atoms with Gasteiger partial charge in [0.15, 0.2) is 0 Å². The van der Waals surface area contributed by atoms with E-state index in [1.807, 2.05) is 18.2 Å². The predicted molar refractivity (Wildman–Crippen MR) is 109 cm³/mol. The number of anilines is 2. The van der Waals surface area contributed by atoms with Crippen LogP contribution in [0.5, 0.6) is 0 Å². The van der Waals surface area contributed by atoms with E-state index in [1.165, 1.54) is 17.9 Å². The monoisotopic (exact) mass is 377 g/mol. The highest BCUT2D eigenvalue weighted by molar-refractivity contribution is 6.01. The van der Waals surface area contributed by atoms with Gasteiger partial charge in [-0.1, -0.05) is 18.7 Å². The van der Waals surface area contributed by atoms with E-state index >= 15 is 0 Å². The summed E-state index contributed by atoms with van der Waals surface area (Å²) in [5.41, 5.74) is 4.21. The van der Waals surface area contributed by atoms with Crippen LogP contribution in [0.25, 0.3) is 0 Å². The highest BCUT2D eigenvalue weighted by Crippen LogP contribution is 2.27. The van der Waals surface area contributed by atoms with E-state index in [4.69, 9.17) is 0 Å². The third-order valence-corrected chi connectivity index (χ3v) is 4.87. The first-order chi connectivity index (χ1) is 13.4. The average Bonchev–Trinajstić information content (AvgIpc) is 2.71. The molecule has 0 saturated heterocycles. The third-order valence-electron chi connectivity index (χ3n) is 4.87. The molecule has 0 spiro atoms. The number of fused-ring (bicyclic) bond motifs is 1. The molecule has 1 heterocycles. The fraction of sp³-hybridized carbons (Fsp3) is 0.227. The lowest BCUT2D eigenvalue weighted by atomic mass is 9.97. The van der Waals surface area contributed by atoms with Crippen LogP contribution in [0.1, 0.15) is 28.4 Å². The number of likely N-dealkylation sites (N-methyl/N-ethyl adjacent to an activating group) is 1. The van der Waals surface area contributed by atoms with Crippen molar-refractivity contribution in [3.63, 3.8) is 0 Å². The topological polar surface area (TPSA) is 69.7 Å². The van der Waals surface area contributed by atoms with Crippen molar-refractivity contribution in [2.24, 2.45) is 0 Å². The number of amides is 3. The van der Waals surface area contributed by atoms with Gasteiger partial charge in [0.05, 0.1) is 0 Å². The Labute approximate surface area is 164 Å². The smallest absolute Gasteiger partial charge is 0.254 e. The Bertz CT molecular complexity index is 935. The number of benzene rings is 2. The van der Waals surface area contributed by atoms with Crippen molar-refractivity contribution in [3.05, 3.63) is 71.8 Å². The summed E-state index contributed by atoms with van der Waals surface area (Å²) in [6.45, 7) is 6.05. The number of nitrogens with zero attached hydrogens (tertiary/aromatic N) is 2. The van der Waals surface area contributed by atoms with Crippen molar-refractivity contribution < 1.29 is 14.4 Å². The van der Waals surface area contributed by atoms with Crippen LogP contribution in [-0.4, -0.2) is 36.2 Å². The minimum absolute atomic E-state index is 0.0557. The number of rotatable bonds is 4. The second-order valence-corrected chi connectivity index (χ2v) is 6.75. The molecular formula is C22H23N3O3. The molecular weight excluding hydrogens is 354 g/mol. The van der Waals surface area contributed by atoms with Gasteiger partial charge in [-0.25, -0.2) is 0 Å². The van der Waals surface area contributed by atoms with Gasteiger partial charge in [-0.05, 0) is 54.0 Å². The second-order valence-electron chi connectivity index (χ2n) is 6.75. The van der Waals surface area contributed by atoms with E-state index < -0.39 is 0 Å². The highest BCUT2D eigenvalue weighted by atomic mass is 16.2. The molecule has 2 aromatic carbocycles. The maximum absolute atomic E-state index is 12.9. The first kappa shape index (κ1) is 19.4. The van der Waals surface area contributed by atoms with Crippen molar-refractivity contribution in [1.29, 1.82) is 0 Å². The number of hydrogen-bond acceptors (Lipinski definition) is 3. The molecule has 6 heteroatoms. The Hall–Kier alpha value is -3.41. The van der Waals surface area contributed by atoms with Crippen molar-refractivity contribution in [1.82, 2.24) is 4.90 Å². The van der Waals surface area contributed by atoms with Crippen LogP contribution in [0.4, 0.5) is 11.4 Å². The highest BCUT2D eigenvalue weighted by Gasteiger charge is 2.23. The minimum atomic E-state index is -0.207. The molecule has 3 amide bonds. The summed E-state index contributed by atoms with van der Waals surface area (Å²) in [6.07, 6.45) is 1.94. The van der Waals surface area contributed by atoms with Crippen molar-refractivity contribution in [2.45, 2.75) is 19.9 Å². The van der Waals surface area contributed by atoms with Gasteiger partial charge >= 0.3 is 0 Å².